The molecule has 9 nitrogen and oxygen atoms in total. The van der Waals surface area contributed by atoms with Crippen molar-refractivity contribution in [2.75, 3.05) is 67.6 Å². The van der Waals surface area contributed by atoms with Crippen molar-refractivity contribution >= 4 is 23.1 Å². The molecule has 1 N–H and O–H groups in total. The van der Waals surface area contributed by atoms with Crippen LogP contribution in [0.25, 0.3) is 5.69 Å². The number of hydrogen-bond acceptors (Lipinski definition) is 6. The lowest BCUT2D eigenvalue weighted by Gasteiger charge is -2.38. The van der Waals surface area contributed by atoms with Gasteiger partial charge in [0.15, 0.2) is 0 Å². The molecule has 0 spiro atoms. The number of para-hydroxylation sites is 2. The summed E-state index contributed by atoms with van der Waals surface area (Å²) >= 11 is 0. The maximum atomic E-state index is 13.9. The highest BCUT2D eigenvalue weighted by molar-refractivity contribution is 5.89. The van der Waals surface area contributed by atoms with Gasteiger partial charge in [-0.25, -0.2) is 13.6 Å². The molecule has 2 saturated heterocycles. The quantitative estimate of drug-likeness (QED) is 0.598. The molecule has 3 heterocycles. The zero-order chi connectivity index (χ0) is 25.1. The smallest absolute Gasteiger partial charge is 0.322 e. The van der Waals surface area contributed by atoms with Crippen LogP contribution in [0.15, 0.2) is 59.5 Å². The lowest BCUT2D eigenvalue weighted by atomic mass is 10.2. The molecule has 11 heteroatoms. The number of carbonyl (C=O) groups is 1. The fourth-order valence-corrected chi connectivity index (χ4v) is 4.46. The minimum Gasteiger partial charge on any atom is -0.378 e. The molecule has 2 aliphatic rings. The number of halogens is 2. The Morgan fingerprint density at radius 2 is 1.53 bits per heavy atom. The van der Waals surface area contributed by atoms with E-state index in [1.165, 1.54) is 15.6 Å². The minimum absolute atomic E-state index is 0.226. The van der Waals surface area contributed by atoms with Gasteiger partial charge in [-0.15, -0.1) is 0 Å². The second kappa shape index (κ2) is 10.3. The second-order valence-corrected chi connectivity index (χ2v) is 8.53. The Morgan fingerprint density at radius 1 is 0.861 bits per heavy atom. The van der Waals surface area contributed by atoms with Gasteiger partial charge in [-0.2, -0.15) is 9.78 Å². The van der Waals surface area contributed by atoms with Crippen LogP contribution >= 0.6 is 0 Å². The van der Waals surface area contributed by atoms with Crippen LogP contribution < -0.4 is 20.7 Å². The molecule has 2 fully saturated rings. The number of rotatable bonds is 4. The van der Waals surface area contributed by atoms with Crippen LogP contribution in [-0.4, -0.2) is 73.2 Å². The molecule has 0 saturated carbocycles. The number of ether oxygens (including phenoxy) is 1. The highest BCUT2D eigenvalue weighted by Gasteiger charge is 2.28. The molecule has 0 atom stereocenters. The summed E-state index contributed by atoms with van der Waals surface area (Å²) < 4.78 is 34.8. The third-order valence-corrected chi connectivity index (χ3v) is 6.36. The Labute approximate surface area is 206 Å². The summed E-state index contributed by atoms with van der Waals surface area (Å²) in [6.45, 7) is 3.69. The van der Waals surface area contributed by atoms with Crippen LogP contribution in [0.5, 0.6) is 0 Å². The van der Waals surface area contributed by atoms with Gasteiger partial charge in [0, 0.05) is 39.3 Å². The van der Waals surface area contributed by atoms with E-state index in [1.54, 1.807) is 6.20 Å². The number of nitrogens with zero attached hydrogens (tertiary/aromatic N) is 5. The number of hydrogen-bond donors (Lipinski definition) is 1. The summed E-state index contributed by atoms with van der Waals surface area (Å²) in [5, 5.41) is 6.77. The standard InChI is InChI=1S/C25H26F2N6O3/c26-19-7-4-8-20(27)22(19)29-25(35)32-11-9-30(10-12-32)21-17-28-33(18-5-2-1-3-6-18)24(34)23(21)31-13-15-36-16-14-31/h1-8,17H,9-16H2,(H,29,35). The Morgan fingerprint density at radius 3 is 2.19 bits per heavy atom. The Bertz CT molecular complexity index is 1270. The van der Waals surface area contributed by atoms with E-state index < -0.39 is 23.4 Å². The molecule has 5 rings (SSSR count). The highest BCUT2D eigenvalue weighted by atomic mass is 19.1. The van der Waals surface area contributed by atoms with Crippen molar-refractivity contribution in [3.8, 4) is 5.69 Å². The molecule has 2 amide bonds. The SMILES string of the molecule is O=C(Nc1c(F)cccc1F)N1CCN(c2cnn(-c3ccccc3)c(=O)c2N2CCOCC2)CC1. The van der Waals surface area contributed by atoms with E-state index in [0.717, 1.165) is 12.1 Å². The number of urea groups is 1. The van der Waals surface area contributed by atoms with Crippen LogP contribution in [0.3, 0.4) is 0 Å². The zero-order valence-corrected chi connectivity index (χ0v) is 19.6. The fourth-order valence-electron chi connectivity index (χ4n) is 4.46. The predicted octanol–water partition coefficient (Wildman–Crippen LogP) is 2.70. The molecule has 3 aromatic rings. The molecule has 0 unspecified atom stereocenters. The van der Waals surface area contributed by atoms with Gasteiger partial charge < -0.3 is 24.8 Å². The summed E-state index contributed by atoms with van der Waals surface area (Å²) in [5.41, 5.74) is 1.22. The predicted molar refractivity (Wildman–Crippen MR) is 132 cm³/mol. The van der Waals surface area contributed by atoms with Gasteiger partial charge in [-0.1, -0.05) is 24.3 Å². The number of benzene rings is 2. The first-order valence-electron chi connectivity index (χ1n) is 11.8. The average molecular weight is 497 g/mol. The lowest BCUT2D eigenvalue weighted by Crippen LogP contribution is -2.51. The largest absolute Gasteiger partial charge is 0.378 e. The van der Waals surface area contributed by atoms with E-state index in [1.807, 2.05) is 40.1 Å². The van der Waals surface area contributed by atoms with Gasteiger partial charge in [0.2, 0.25) is 0 Å². The number of anilines is 3. The number of amides is 2. The summed E-state index contributed by atoms with van der Waals surface area (Å²) in [6, 6.07) is 12.1. The van der Waals surface area contributed by atoms with Gasteiger partial charge in [-0.05, 0) is 24.3 Å². The number of nitrogens with one attached hydrogen (secondary N) is 1. The molecule has 2 aromatic carbocycles. The van der Waals surface area contributed by atoms with Crippen molar-refractivity contribution in [2.24, 2.45) is 0 Å². The van der Waals surface area contributed by atoms with Crippen LogP contribution in [0.1, 0.15) is 0 Å². The van der Waals surface area contributed by atoms with Crippen LogP contribution in [0, 0.1) is 11.6 Å². The van der Waals surface area contributed by atoms with E-state index in [2.05, 4.69) is 10.4 Å². The fraction of sp³-hybridized carbons (Fsp3) is 0.320. The van der Waals surface area contributed by atoms with Crippen molar-refractivity contribution in [1.29, 1.82) is 0 Å². The summed E-state index contributed by atoms with van der Waals surface area (Å²) in [7, 11) is 0. The van der Waals surface area contributed by atoms with Crippen molar-refractivity contribution < 1.29 is 18.3 Å². The molecule has 188 valence electrons. The normalized spacial score (nSPS) is 16.2. The average Bonchev–Trinajstić information content (AvgIpc) is 2.91. The van der Waals surface area contributed by atoms with Gasteiger partial charge >= 0.3 is 6.03 Å². The van der Waals surface area contributed by atoms with Gasteiger partial charge in [-0.3, -0.25) is 4.79 Å². The molecule has 0 bridgehead atoms. The second-order valence-electron chi connectivity index (χ2n) is 8.53. The Balaban J connectivity index is 1.37. The number of carbonyl (C=O) groups excluding carboxylic acids is 1. The monoisotopic (exact) mass is 496 g/mol. The van der Waals surface area contributed by atoms with Crippen LogP contribution in [0.4, 0.5) is 30.6 Å². The lowest BCUT2D eigenvalue weighted by molar-refractivity contribution is 0.122. The molecule has 0 aliphatic carbocycles. The van der Waals surface area contributed by atoms with E-state index in [4.69, 9.17) is 4.74 Å². The van der Waals surface area contributed by atoms with Gasteiger partial charge in [0.1, 0.15) is 23.0 Å². The zero-order valence-electron chi connectivity index (χ0n) is 19.6. The maximum absolute atomic E-state index is 13.9. The molecule has 0 radical (unpaired) electrons. The van der Waals surface area contributed by atoms with Crippen molar-refractivity contribution in [3.63, 3.8) is 0 Å². The molecule has 36 heavy (non-hydrogen) atoms. The maximum Gasteiger partial charge on any atom is 0.322 e. The third kappa shape index (κ3) is 4.74. The summed E-state index contributed by atoms with van der Waals surface area (Å²) in [4.78, 5) is 31.8. The van der Waals surface area contributed by atoms with Crippen LogP contribution in [0.2, 0.25) is 0 Å². The van der Waals surface area contributed by atoms with Gasteiger partial charge in [0.05, 0.1) is 30.8 Å². The third-order valence-electron chi connectivity index (χ3n) is 6.36. The van der Waals surface area contributed by atoms with Crippen LogP contribution in [-0.2, 0) is 4.74 Å². The number of piperazine rings is 1. The Hall–Kier alpha value is -3.99. The van der Waals surface area contributed by atoms with Gasteiger partial charge in [0.25, 0.3) is 5.56 Å². The topological polar surface area (TPSA) is 82.9 Å². The highest BCUT2D eigenvalue weighted by Crippen LogP contribution is 2.28. The molecule has 1 aromatic heterocycles. The Kier molecular flexibility index (Phi) is 6.81. The number of morpholine rings is 1. The first kappa shape index (κ1) is 23.7. The number of aromatic nitrogens is 2. The van der Waals surface area contributed by atoms with E-state index >= 15 is 0 Å². The molecular weight excluding hydrogens is 470 g/mol. The minimum atomic E-state index is -0.831. The first-order valence-corrected chi connectivity index (χ1v) is 11.8. The van der Waals surface area contributed by atoms with E-state index in [-0.39, 0.29) is 5.56 Å². The van der Waals surface area contributed by atoms with Crippen molar-refractivity contribution in [3.05, 3.63) is 76.7 Å². The van der Waals surface area contributed by atoms with Crippen molar-refractivity contribution in [2.45, 2.75) is 0 Å². The first-order chi connectivity index (χ1) is 17.5. The summed E-state index contributed by atoms with van der Waals surface area (Å²) in [5.74, 6) is -1.66. The molecular formula is C25H26F2N6O3. The van der Waals surface area contributed by atoms with E-state index in [9.17, 15) is 18.4 Å². The summed E-state index contributed by atoms with van der Waals surface area (Å²) in [6.07, 6.45) is 1.68. The van der Waals surface area contributed by atoms with E-state index in [0.29, 0.717) is 69.5 Å². The molecule has 2 aliphatic heterocycles. The van der Waals surface area contributed by atoms with Crippen molar-refractivity contribution in [1.82, 2.24) is 14.7 Å².